The van der Waals surface area contributed by atoms with Crippen LogP contribution in [0.4, 0.5) is 0 Å². The fourth-order valence-electron chi connectivity index (χ4n) is 3.18. The molecule has 1 aliphatic carbocycles. The van der Waals surface area contributed by atoms with E-state index in [0.29, 0.717) is 23.3 Å². The number of hydrogen-bond donors (Lipinski definition) is 0. The Balaban J connectivity index is 1.63. The van der Waals surface area contributed by atoms with Crippen molar-refractivity contribution in [2.45, 2.75) is 57.5 Å². The smallest absolute Gasteiger partial charge is 0.232 e. The van der Waals surface area contributed by atoms with Crippen LogP contribution in [-0.2, 0) is 5.41 Å². The molecule has 0 bridgehead atoms. The minimum absolute atomic E-state index is 0.174. The van der Waals surface area contributed by atoms with Gasteiger partial charge in [0.25, 0.3) is 0 Å². The molecule has 2 aromatic rings. The molecule has 3 heterocycles. The lowest BCUT2D eigenvalue weighted by Crippen LogP contribution is -2.22. The van der Waals surface area contributed by atoms with Crippen LogP contribution in [0.2, 0.25) is 0 Å². The SMILES string of the molecule is CN1CCC(Oc2cc(-c3noc(C(C)(C)C)n3)ncc2C2CC2)C1. The third-order valence-electron chi connectivity index (χ3n) is 4.85. The van der Waals surface area contributed by atoms with Crippen LogP contribution in [0.1, 0.15) is 57.4 Å². The molecular formula is C19H26N4O2. The summed E-state index contributed by atoms with van der Waals surface area (Å²) in [6.07, 6.45) is 5.69. The quantitative estimate of drug-likeness (QED) is 0.848. The maximum absolute atomic E-state index is 6.35. The van der Waals surface area contributed by atoms with Crippen molar-refractivity contribution >= 4 is 0 Å². The summed E-state index contributed by atoms with van der Waals surface area (Å²) in [7, 11) is 2.14. The molecule has 25 heavy (non-hydrogen) atoms. The van der Waals surface area contributed by atoms with Crippen molar-refractivity contribution < 1.29 is 9.26 Å². The third kappa shape index (κ3) is 3.54. The monoisotopic (exact) mass is 342 g/mol. The molecule has 134 valence electrons. The first-order valence-corrected chi connectivity index (χ1v) is 9.10. The summed E-state index contributed by atoms with van der Waals surface area (Å²) in [5, 5.41) is 4.12. The first-order valence-electron chi connectivity index (χ1n) is 9.10. The maximum Gasteiger partial charge on any atom is 0.232 e. The second-order valence-corrected chi connectivity index (χ2v) is 8.35. The van der Waals surface area contributed by atoms with Crippen LogP contribution in [0.5, 0.6) is 5.75 Å². The first-order chi connectivity index (χ1) is 11.9. The number of nitrogens with zero attached hydrogens (tertiary/aromatic N) is 4. The fraction of sp³-hybridized carbons (Fsp3) is 0.632. The average molecular weight is 342 g/mol. The van der Waals surface area contributed by atoms with Crippen LogP contribution < -0.4 is 4.74 Å². The molecule has 4 rings (SSSR count). The Morgan fingerprint density at radius 2 is 2.04 bits per heavy atom. The molecule has 1 aliphatic heterocycles. The van der Waals surface area contributed by atoms with Gasteiger partial charge in [0.15, 0.2) is 0 Å². The molecule has 0 spiro atoms. The van der Waals surface area contributed by atoms with E-state index in [2.05, 4.69) is 47.8 Å². The maximum atomic E-state index is 6.35. The molecule has 6 nitrogen and oxygen atoms in total. The molecule has 1 saturated carbocycles. The van der Waals surface area contributed by atoms with E-state index in [1.807, 2.05) is 12.3 Å². The van der Waals surface area contributed by atoms with Gasteiger partial charge in [0.05, 0.1) is 0 Å². The summed E-state index contributed by atoms with van der Waals surface area (Å²) in [5.41, 5.74) is 1.76. The Bertz CT molecular complexity index is 761. The highest BCUT2D eigenvalue weighted by Gasteiger charge is 2.30. The highest BCUT2D eigenvalue weighted by atomic mass is 16.5. The summed E-state index contributed by atoms with van der Waals surface area (Å²) < 4.78 is 11.8. The Kier molecular flexibility index (Phi) is 4.02. The van der Waals surface area contributed by atoms with Crippen molar-refractivity contribution in [3.63, 3.8) is 0 Å². The van der Waals surface area contributed by atoms with E-state index < -0.39 is 0 Å². The summed E-state index contributed by atoms with van der Waals surface area (Å²) in [5.74, 6) is 2.68. The van der Waals surface area contributed by atoms with E-state index in [1.54, 1.807) is 0 Å². The van der Waals surface area contributed by atoms with Crippen molar-refractivity contribution in [1.82, 2.24) is 20.0 Å². The second-order valence-electron chi connectivity index (χ2n) is 8.35. The standard InChI is InChI=1S/C19H26N4O2/c1-19(2,3)18-21-17(22-25-18)15-9-16(14(10-20-15)12-5-6-12)24-13-7-8-23(4)11-13/h9-10,12-13H,5-8,11H2,1-4H3. The van der Waals surface area contributed by atoms with E-state index in [1.165, 1.54) is 18.4 Å². The Morgan fingerprint density at radius 1 is 1.24 bits per heavy atom. The van der Waals surface area contributed by atoms with E-state index in [4.69, 9.17) is 9.26 Å². The molecule has 2 aliphatic rings. The molecule has 2 fully saturated rings. The van der Waals surface area contributed by atoms with Crippen molar-refractivity contribution in [3.05, 3.63) is 23.7 Å². The summed E-state index contributed by atoms with van der Waals surface area (Å²) in [6, 6.07) is 1.99. The zero-order valence-electron chi connectivity index (χ0n) is 15.5. The zero-order chi connectivity index (χ0) is 17.6. The molecule has 0 radical (unpaired) electrons. The normalized spacial score (nSPS) is 21.7. The fourth-order valence-corrected chi connectivity index (χ4v) is 3.18. The van der Waals surface area contributed by atoms with E-state index in [-0.39, 0.29) is 11.5 Å². The first kappa shape index (κ1) is 16.5. The predicted molar refractivity (Wildman–Crippen MR) is 94.7 cm³/mol. The largest absolute Gasteiger partial charge is 0.489 e. The molecular weight excluding hydrogens is 316 g/mol. The van der Waals surface area contributed by atoms with E-state index in [0.717, 1.165) is 25.3 Å². The lowest BCUT2D eigenvalue weighted by molar-refractivity contribution is 0.206. The average Bonchev–Trinajstić information content (AvgIpc) is 3.10. The van der Waals surface area contributed by atoms with Crippen molar-refractivity contribution in [1.29, 1.82) is 0 Å². The van der Waals surface area contributed by atoms with E-state index in [9.17, 15) is 0 Å². The number of aromatic nitrogens is 3. The highest BCUT2D eigenvalue weighted by Crippen LogP contribution is 2.45. The molecule has 1 saturated heterocycles. The molecule has 6 heteroatoms. The van der Waals surface area contributed by atoms with Gasteiger partial charge in [0.2, 0.25) is 11.7 Å². The highest BCUT2D eigenvalue weighted by molar-refractivity contribution is 5.54. The van der Waals surface area contributed by atoms with Crippen LogP contribution >= 0.6 is 0 Å². The summed E-state index contributed by atoms with van der Waals surface area (Å²) in [4.78, 5) is 11.4. The van der Waals surface area contributed by atoms with Gasteiger partial charge in [0.1, 0.15) is 17.5 Å². The molecule has 0 amide bonds. The topological polar surface area (TPSA) is 64.3 Å². The molecule has 0 aromatic carbocycles. The van der Waals surface area contributed by atoms with Gasteiger partial charge in [-0.05, 0) is 32.2 Å². The molecule has 0 N–H and O–H groups in total. The third-order valence-corrected chi connectivity index (χ3v) is 4.85. The van der Waals surface area contributed by atoms with Gasteiger partial charge in [-0.2, -0.15) is 4.98 Å². The van der Waals surface area contributed by atoms with E-state index >= 15 is 0 Å². The predicted octanol–water partition coefficient (Wildman–Crippen LogP) is 3.39. The van der Waals surface area contributed by atoms with Crippen LogP contribution in [0.25, 0.3) is 11.5 Å². The number of hydrogen-bond acceptors (Lipinski definition) is 6. The van der Waals surface area contributed by atoms with Crippen LogP contribution in [-0.4, -0.2) is 46.3 Å². The number of likely N-dealkylation sites (tertiary alicyclic amines) is 1. The Hall–Kier alpha value is -1.95. The van der Waals surface area contributed by atoms with Crippen molar-refractivity contribution in [2.75, 3.05) is 20.1 Å². The van der Waals surface area contributed by atoms with Crippen LogP contribution in [0.15, 0.2) is 16.8 Å². The number of rotatable bonds is 4. The summed E-state index contributed by atoms with van der Waals surface area (Å²) in [6.45, 7) is 8.22. The Labute approximate surface area is 148 Å². The van der Waals surface area contributed by atoms with Crippen LogP contribution in [0.3, 0.4) is 0 Å². The second kappa shape index (κ2) is 6.09. The van der Waals surface area contributed by atoms with Gasteiger partial charge in [0, 0.05) is 36.3 Å². The van der Waals surface area contributed by atoms with Crippen molar-refractivity contribution in [3.8, 4) is 17.3 Å². The number of pyridine rings is 1. The Morgan fingerprint density at radius 3 is 2.64 bits per heavy atom. The molecule has 1 unspecified atom stereocenters. The van der Waals surface area contributed by atoms with Gasteiger partial charge in [-0.25, -0.2) is 0 Å². The molecule has 1 atom stereocenters. The minimum Gasteiger partial charge on any atom is -0.489 e. The van der Waals surface area contributed by atoms with Crippen LogP contribution in [0, 0.1) is 0 Å². The van der Waals surface area contributed by atoms with Gasteiger partial charge in [-0.3, -0.25) is 4.98 Å². The zero-order valence-corrected chi connectivity index (χ0v) is 15.5. The van der Waals surface area contributed by atoms with Gasteiger partial charge >= 0.3 is 0 Å². The van der Waals surface area contributed by atoms with Gasteiger partial charge < -0.3 is 14.2 Å². The molecule has 2 aromatic heterocycles. The number of ether oxygens (including phenoxy) is 1. The van der Waals surface area contributed by atoms with Crippen molar-refractivity contribution in [2.24, 2.45) is 0 Å². The number of likely N-dealkylation sites (N-methyl/N-ethyl adjacent to an activating group) is 1. The van der Waals surface area contributed by atoms with Gasteiger partial charge in [-0.1, -0.05) is 25.9 Å². The van der Waals surface area contributed by atoms with Gasteiger partial charge in [-0.15, -0.1) is 0 Å². The lowest BCUT2D eigenvalue weighted by Gasteiger charge is -2.17. The lowest BCUT2D eigenvalue weighted by atomic mass is 9.97. The minimum atomic E-state index is -0.174. The summed E-state index contributed by atoms with van der Waals surface area (Å²) >= 11 is 0.